The van der Waals surface area contributed by atoms with Gasteiger partial charge in [-0.15, -0.1) is 0 Å². The number of rotatable bonds is 2. The first-order valence-corrected chi connectivity index (χ1v) is 8.34. The molecule has 7 heteroatoms. The number of halogens is 1. The molecule has 6 nitrogen and oxygen atoms in total. The molecule has 0 spiro atoms. The summed E-state index contributed by atoms with van der Waals surface area (Å²) in [6.07, 6.45) is 3.02. The van der Waals surface area contributed by atoms with Gasteiger partial charge in [0.15, 0.2) is 5.75 Å². The predicted octanol–water partition coefficient (Wildman–Crippen LogP) is 3.96. The van der Waals surface area contributed by atoms with Crippen LogP contribution in [-0.2, 0) is 4.74 Å². The van der Waals surface area contributed by atoms with Gasteiger partial charge in [-0.25, -0.2) is 0 Å². The third kappa shape index (κ3) is 1.85. The van der Waals surface area contributed by atoms with Crippen molar-refractivity contribution in [1.29, 1.82) is 0 Å². The van der Waals surface area contributed by atoms with Crippen LogP contribution >= 0.6 is 11.6 Å². The molecule has 0 fully saturated rings. The Balaban J connectivity index is 1.95. The van der Waals surface area contributed by atoms with E-state index in [4.69, 9.17) is 35.0 Å². The lowest BCUT2D eigenvalue weighted by molar-refractivity contribution is -0.00481. The third-order valence-corrected chi connectivity index (χ3v) is 5.07. The molecule has 3 aromatic rings. The van der Waals surface area contributed by atoms with Crippen LogP contribution in [0.5, 0.6) is 17.2 Å². The van der Waals surface area contributed by atoms with E-state index in [-0.39, 0.29) is 22.5 Å². The highest BCUT2D eigenvalue weighted by molar-refractivity contribution is 6.33. The Kier molecular flexibility index (Phi) is 3.15. The Morgan fingerprint density at radius 3 is 2.62 bits per heavy atom. The van der Waals surface area contributed by atoms with Crippen molar-refractivity contribution >= 4 is 33.5 Å². The largest absolute Gasteiger partial charge is 0.495 e. The summed E-state index contributed by atoms with van der Waals surface area (Å²) < 4.78 is 28.2. The zero-order valence-corrected chi connectivity index (χ0v) is 14.6. The lowest BCUT2D eigenvalue weighted by atomic mass is 9.97. The van der Waals surface area contributed by atoms with Crippen LogP contribution in [0.2, 0.25) is 5.02 Å². The molecule has 132 valence electrons. The molecule has 2 aliphatic rings. The fourth-order valence-corrected chi connectivity index (χ4v) is 3.91. The van der Waals surface area contributed by atoms with Gasteiger partial charge >= 0.3 is 0 Å². The van der Waals surface area contributed by atoms with Crippen LogP contribution in [0, 0.1) is 0 Å². The number of ether oxygens (including phenoxy) is 4. The molecule has 26 heavy (non-hydrogen) atoms. The van der Waals surface area contributed by atoms with Crippen molar-refractivity contribution < 1.29 is 23.4 Å². The van der Waals surface area contributed by atoms with Crippen molar-refractivity contribution in [3.63, 3.8) is 0 Å². The minimum atomic E-state index is -0.454. The monoisotopic (exact) mass is 372 g/mol. The van der Waals surface area contributed by atoms with E-state index in [1.165, 1.54) is 14.2 Å². The van der Waals surface area contributed by atoms with Crippen LogP contribution in [0.3, 0.4) is 0 Å². The average Bonchev–Trinajstić information content (AvgIpc) is 3.21. The highest BCUT2D eigenvalue weighted by Gasteiger charge is 2.41. The molecular weight excluding hydrogens is 360 g/mol. The first-order valence-electron chi connectivity index (χ1n) is 7.96. The molecule has 0 saturated heterocycles. The van der Waals surface area contributed by atoms with Crippen molar-refractivity contribution in [1.82, 2.24) is 0 Å². The second-order valence-corrected chi connectivity index (χ2v) is 6.46. The maximum absolute atomic E-state index is 13.3. The van der Waals surface area contributed by atoms with E-state index in [0.717, 1.165) is 5.56 Å². The summed E-state index contributed by atoms with van der Waals surface area (Å²) >= 11 is 6.18. The quantitative estimate of drug-likeness (QED) is 0.634. The van der Waals surface area contributed by atoms with E-state index >= 15 is 0 Å². The molecule has 2 aromatic carbocycles. The van der Waals surface area contributed by atoms with Crippen LogP contribution < -0.4 is 19.6 Å². The number of hydrogen-bond acceptors (Lipinski definition) is 6. The van der Waals surface area contributed by atoms with Crippen LogP contribution in [0.15, 0.2) is 39.7 Å². The summed E-state index contributed by atoms with van der Waals surface area (Å²) in [7, 11) is 2.98. The Morgan fingerprint density at radius 1 is 1.08 bits per heavy atom. The molecule has 0 saturated carbocycles. The van der Waals surface area contributed by atoms with Crippen molar-refractivity contribution in [2.24, 2.45) is 0 Å². The van der Waals surface area contributed by atoms with Gasteiger partial charge < -0.3 is 23.4 Å². The molecule has 0 aliphatic carbocycles. The number of hydrogen-bond donors (Lipinski definition) is 0. The summed E-state index contributed by atoms with van der Waals surface area (Å²) in [5.74, 6) is 1.14. The molecule has 1 aromatic heterocycles. The highest BCUT2D eigenvalue weighted by Crippen LogP contribution is 2.50. The van der Waals surface area contributed by atoms with Crippen molar-refractivity contribution in [2.45, 2.75) is 12.2 Å². The van der Waals surface area contributed by atoms with Crippen LogP contribution in [0.1, 0.15) is 11.5 Å². The van der Waals surface area contributed by atoms with Gasteiger partial charge in [-0.3, -0.25) is 4.79 Å². The van der Waals surface area contributed by atoms with Crippen LogP contribution in [0.4, 0.5) is 0 Å². The predicted molar refractivity (Wildman–Crippen MR) is 95.5 cm³/mol. The fourth-order valence-electron chi connectivity index (χ4n) is 3.67. The molecule has 5 rings (SSSR count). The Hall–Kier alpha value is -2.86. The fraction of sp³-hybridized carbons (Fsp3) is 0.211. The molecule has 0 N–H and O–H groups in total. The topological polar surface area (TPSA) is 67.1 Å². The number of methoxy groups -OCH3 is 2. The first-order chi connectivity index (χ1) is 12.6. The minimum Gasteiger partial charge on any atom is -0.495 e. The normalized spacial score (nSPS) is 20.0. The van der Waals surface area contributed by atoms with Gasteiger partial charge in [0, 0.05) is 6.07 Å². The standard InChI is InChI=1S/C19H13ClO6/c1-22-17-9(20)3-4-10-14(17)16(21)15-12(25-10)7-11-13(18(15)23-2)8-5-6-24-19(8)26-11/h3-8,19H,1-2H3/t8-,19-/m0/s1. The van der Waals surface area contributed by atoms with E-state index in [9.17, 15) is 4.79 Å². The van der Waals surface area contributed by atoms with Gasteiger partial charge in [-0.2, -0.15) is 0 Å². The third-order valence-electron chi connectivity index (χ3n) is 4.77. The highest BCUT2D eigenvalue weighted by atomic mass is 35.5. The van der Waals surface area contributed by atoms with Gasteiger partial charge in [0.2, 0.25) is 5.43 Å². The Bertz CT molecular complexity index is 1160. The first kappa shape index (κ1) is 15.4. The van der Waals surface area contributed by atoms with Crippen LogP contribution in [0.25, 0.3) is 21.9 Å². The maximum Gasteiger partial charge on any atom is 0.250 e. The van der Waals surface area contributed by atoms with E-state index in [2.05, 4.69) is 0 Å². The van der Waals surface area contributed by atoms with Gasteiger partial charge in [-0.05, 0) is 18.2 Å². The average molecular weight is 373 g/mol. The maximum atomic E-state index is 13.3. The Morgan fingerprint density at radius 2 is 1.85 bits per heavy atom. The molecular formula is C19H13ClO6. The summed E-state index contributed by atoms with van der Waals surface area (Å²) in [5, 5.41) is 0.936. The summed E-state index contributed by atoms with van der Waals surface area (Å²) in [5.41, 5.74) is 1.24. The number of benzene rings is 2. The molecule has 2 atom stereocenters. The zero-order valence-electron chi connectivity index (χ0n) is 13.9. The van der Waals surface area contributed by atoms with Gasteiger partial charge in [0.25, 0.3) is 6.29 Å². The molecule has 0 unspecified atom stereocenters. The second-order valence-electron chi connectivity index (χ2n) is 6.06. The lowest BCUT2D eigenvalue weighted by Crippen LogP contribution is -2.14. The summed E-state index contributed by atoms with van der Waals surface area (Å²) in [6.45, 7) is 0. The van der Waals surface area contributed by atoms with Crippen molar-refractivity contribution in [3.8, 4) is 17.2 Å². The number of fused-ring (bicyclic) bond motifs is 5. The lowest BCUT2D eigenvalue weighted by Gasteiger charge is -2.13. The van der Waals surface area contributed by atoms with Gasteiger partial charge in [0.1, 0.15) is 33.4 Å². The molecule has 0 radical (unpaired) electrons. The zero-order chi connectivity index (χ0) is 18.0. The molecule has 0 amide bonds. The van der Waals surface area contributed by atoms with Crippen molar-refractivity contribution in [3.05, 3.63) is 51.3 Å². The minimum absolute atomic E-state index is 0.138. The van der Waals surface area contributed by atoms with Gasteiger partial charge in [0.05, 0.1) is 37.0 Å². The SMILES string of the molecule is COc1c(Cl)ccc2oc3cc4c(c(OC)c3c(=O)c12)[C@@H]1C=CO[C@H]1O4. The molecule has 2 aliphatic heterocycles. The van der Waals surface area contributed by atoms with E-state index in [0.29, 0.717) is 33.1 Å². The summed E-state index contributed by atoms with van der Waals surface area (Å²) in [4.78, 5) is 13.3. The van der Waals surface area contributed by atoms with Crippen molar-refractivity contribution in [2.75, 3.05) is 14.2 Å². The Labute approximate surface area is 152 Å². The van der Waals surface area contributed by atoms with Crippen LogP contribution in [-0.4, -0.2) is 20.5 Å². The summed E-state index contributed by atoms with van der Waals surface area (Å²) in [6, 6.07) is 4.97. The van der Waals surface area contributed by atoms with E-state index in [1.54, 1.807) is 24.5 Å². The second kappa shape index (κ2) is 5.32. The molecule has 3 heterocycles. The smallest absolute Gasteiger partial charge is 0.250 e. The van der Waals surface area contributed by atoms with E-state index < -0.39 is 6.29 Å². The van der Waals surface area contributed by atoms with Gasteiger partial charge in [-0.1, -0.05) is 11.6 Å². The molecule has 0 bridgehead atoms. The van der Waals surface area contributed by atoms with E-state index in [1.807, 2.05) is 6.08 Å².